The van der Waals surface area contributed by atoms with Gasteiger partial charge >= 0.3 is 19.8 Å². The number of ether oxygens (including phenoxy) is 1. The molecule has 0 spiro atoms. The number of phosphoric acid groups is 1. The minimum atomic E-state index is -4.72. The summed E-state index contributed by atoms with van der Waals surface area (Å²) in [5.41, 5.74) is 0. The summed E-state index contributed by atoms with van der Waals surface area (Å²) >= 11 is 0. The van der Waals surface area contributed by atoms with E-state index in [-0.39, 0.29) is 12.8 Å². The van der Waals surface area contributed by atoms with Gasteiger partial charge in [0.05, 0.1) is 13.2 Å². The lowest BCUT2D eigenvalue weighted by Gasteiger charge is -2.18. The average molecular weight is 692 g/mol. The molecule has 12 heteroatoms. The second kappa shape index (κ2) is 31.5. The fraction of sp³-hybridized carbons (Fsp3) is 0.857. The number of allylic oxidation sites excluding steroid dienone is 2. The van der Waals surface area contributed by atoms with E-state index in [4.69, 9.17) is 4.74 Å². The SMILES string of the molecule is CCCCCCCC/C=C/CCCCCCCCCCCCCC(=O)OCC(O)COP(=O)(O)OCC(NC(=O)CCCC)C(=O)O. The van der Waals surface area contributed by atoms with Crippen molar-refractivity contribution in [1.82, 2.24) is 5.32 Å². The van der Waals surface area contributed by atoms with Gasteiger partial charge in [0.15, 0.2) is 6.04 Å². The Morgan fingerprint density at radius 2 is 1.13 bits per heavy atom. The molecule has 0 rings (SSSR count). The van der Waals surface area contributed by atoms with E-state index in [1.54, 1.807) is 0 Å². The lowest BCUT2D eigenvalue weighted by atomic mass is 10.0. The number of rotatable bonds is 34. The summed E-state index contributed by atoms with van der Waals surface area (Å²) in [7, 11) is -4.72. The van der Waals surface area contributed by atoms with Crippen LogP contribution < -0.4 is 5.32 Å². The first-order valence-electron chi connectivity index (χ1n) is 18.2. The van der Waals surface area contributed by atoms with Gasteiger partial charge in [-0.1, -0.05) is 122 Å². The number of hydrogen-bond donors (Lipinski definition) is 4. The van der Waals surface area contributed by atoms with E-state index in [1.165, 1.54) is 96.3 Å². The standard InChI is InChI=1S/C35H66NO10P/c1-3-5-7-8-9-10-11-12-13-14-15-16-17-18-19-20-21-22-23-24-25-27-34(39)44-28-31(37)29-45-47(42,43)46-30-32(35(40)41)36-33(38)26-6-4-2/h12-13,31-32,37H,3-11,14-30H2,1-2H3,(H,36,38)(H,40,41)(H,42,43)/b13-12+. The monoisotopic (exact) mass is 691 g/mol. The van der Waals surface area contributed by atoms with Crippen molar-refractivity contribution in [2.24, 2.45) is 0 Å². The van der Waals surface area contributed by atoms with Crippen LogP contribution in [0.2, 0.25) is 0 Å². The van der Waals surface area contributed by atoms with Gasteiger partial charge in [-0.3, -0.25) is 18.6 Å². The smallest absolute Gasteiger partial charge is 0.472 e. The Bertz CT molecular complexity index is 869. The normalized spacial score (nSPS) is 14.1. The number of phosphoric ester groups is 1. The average Bonchev–Trinajstić information content (AvgIpc) is 3.04. The molecule has 0 bridgehead atoms. The number of carbonyl (C=O) groups is 3. The molecule has 3 unspecified atom stereocenters. The number of carbonyl (C=O) groups excluding carboxylic acids is 2. The molecule has 0 radical (unpaired) electrons. The molecular formula is C35H66NO10P. The third kappa shape index (κ3) is 31.3. The highest BCUT2D eigenvalue weighted by Gasteiger charge is 2.28. The van der Waals surface area contributed by atoms with Crippen molar-refractivity contribution in [3.8, 4) is 0 Å². The molecule has 0 aromatic carbocycles. The Morgan fingerprint density at radius 3 is 1.64 bits per heavy atom. The zero-order valence-corrected chi connectivity index (χ0v) is 30.2. The van der Waals surface area contributed by atoms with Crippen LogP contribution >= 0.6 is 7.82 Å². The Labute approximate surface area is 284 Å². The molecule has 4 N–H and O–H groups in total. The van der Waals surface area contributed by atoms with E-state index in [2.05, 4.69) is 33.4 Å². The van der Waals surface area contributed by atoms with Crippen LogP contribution in [0.1, 0.15) is 162 Å². The van der Waals surface area contributed by atoms with E-state index < -0.39 is 57.6 Å². The predicted molar refractivity (Wildman–Crippen MR) is 185 cm³/mol. The third-order valence-corrected chi connectivity index (χ3v) is 8.76. The van der Waals surface area contributed by atoms with Crippen LogP contribution in [-0.4, -0.2) is 64.9 Å². The third-order valence-electron chi connectivity index (χ3n) is 7.80. The summed E-state index contributed by atoms with van der Waals surface area (Å²) in [6.07, 6.45) is 28.4. The minimum Gasteiger partial charge on any atom is -0.480 e. The first kappa shape index (κ1) is 45.2. The number of aliphatic carboxylic acids is 1. The molecule has 0 aliphatic carbocycles. The maximum absolute atomic E-state index is 12.0. The highest BCUT2D eigenvalue weighted by atomic mass is 31.2. The first-order valence-corrected chi connectivity index (χ1v) is 19.7. The Balaban J connectivity index is 3.70. The van der Waals surface area contributed by atoms with Gasteiger partial charge in [0.25, 0.3) is 0 Å². The molecule has 47 heavy (non-hydrogen) atoms. The number of carboxylic acid groups (broad SMARTS) is 1. The van der Waals surface area contributed by atoms with Crippen molar-refractivity contribution in [3.05, 3.63) is 12.2 Å². The zero-order valence-electron chi connectivity index (χ0n) is 29.3. The molecule has 276 valence electrons. The number of carboxylic acids is 1. The number of aliphatic hydroxyl groups excluding tert-OH is 1. The lowest BCUT2D eigenvalue weighted by Crippen LogP contribution is -2.43. The maximum Gasteiger partial charge on any atom is 0.472 e. The van der Waals surface area contributed by atoms with Gasteiger partial charge in [-0.25, -0.2) is 9.36 Å². The molecule has 0 saturated carbocycles. The molecule has 0 heterocycles. The van der Waals surface area contributed by atoms with Gasteiger partial charge in [-0.05, 0) is 38.5 Å². The van der Waals surface area contributed by atoms with E-state index in [9.17, 15) is 34.1 Å². The fourth-order valence-electron chi connectivity index (χ4n) is 4.87. The highest BCUT2D eigenvalue weighted by Crippen LogP contribution is 2.43. The maximum atomic E-state index is 12.0. The van der Waals surface area contributed by atoms with Crippen LogP contribution in [0.15, 0.2) is 12.2 Å². The molecule has 0 fully saturated rings. The van der Waals surface area contributed by atoms with E-state index >= 15 is 0 Å². The van der Waals surface area contributed by atoms with Gasteiger partial charge < -0.3 is 25.2 Å². The van der Waals surface area contributed by atoms with Crippen LogP contribution in [0.25, 0.3) is 0 Å². The van der Waals surface area contributed by atoms with Crippen molar-refractivity contribution in [3.63, 3.8) is 0 Å². The number of esters is 1. The van der Waals surface area contributed by atoms with E-state index in [0.29, 0.717) is 12.8 Å². The van der Waals surface area contributed by atoms with Crippen LogP contribution in [0.5, 0.6) is 0 Å². The molecule has 0 aromatic rings. The Hall–Kier alpha value is -1.78. The Kier molecular flexibility index (Phi) is 30.3. The largest absolute Gasteiger partial charge is 0.480 e. The topological polar surface area (TPSA) is 169 Å². The molecule has 3 atom stereocenters. The molecular weight excluding hydrogens is 625 g/mol. The summed E-state index contributed by atoms with van der Waals surface area (Å²) in [5, 5.41) is 21.3. The van der Waals surface area contributed by atoms with Crippen LogP contribution in [0.4, 0.5) is 0 Å². The van der Waals surface area contributed by atoms with Gasteiger partial charge in [0.1, 0.15) is 12.7 Å². The van der Waals surface area contributed by atoms with Crippen molar-refractivity contribution in [2.75, 3.05) is 19.8 Å². The molecule has 0 aliphatic heterocycles. The number of amides is 1. The predicted octanol–water partition coefficient (Wildman–Crippen LogP) is 8.16. The van der Waals surface area contributed by atoms with E-state index in [1.807, 2.05) is 6.92 Å². The van der Waals surface area contributed by atoms with Crippen LogP contribution in [0, 0.1) is 0 Å². The Morgan fingerprint density at radius 1 is 0.660 bits per heavy atom. The lowest BCUT2D eigenvalue weighted by molar-refractivity contribution is -0.147. The molecule has 11 nitrogen and oxygen atoms in total. The molecule has 0 saturated heterocycles. The first-order chi connectivity index (χ1) is 22.6. The van der Waals surface area contributed by atoms with Crippen LogP contribution in [0.3, 0.4) is 0 Å². The number of nitrogens with one attached hydrogen (secondary N) is 1. The summed E-state index contributed by atoms with van der Waals surface area (Å²) in [6, 6.07) is -1.54. The highest BCUT2D eigenvalue weighted by molar-refractivity contribution is 7.47. The second-order valence-corrected chi connectivity index (χ2v) is 13.9. The quantitative estimate of drug-likeness (QED) is 0.0224. The second-order valence-electron chi connectivity index (χ2n) is 12.4. The molecule has 0 aromatic heterocycles. The molecule has 0 aliphatic rings. The van der Waals surface area contributed by atoms with Crippen molar-refractivity contribution < 1.29 is 47.8 Å². The number of aliphatic hydroxyl groups is 1. The zero-order chi connectivity index (χ0) is 35.0. The number of unbranched alkanes of at least 4 members (excludes halogenated alkanes) is 18. The summed E-state index contributed by atoms with van der Waals surface area (Å²) in [4.78, 5) is 44.8. The van der Waals surface area contributed by atoms with Gasteiger partial charge in [0.2, 0.25) is 5.91 Å². The number of hydrogen-bond acceptors (Lipinski definition) is 8. The summed E-state index contributed by atoms with van der Waals surface area (Å²) in [6.45, 7) is 2.25. The van der Waals surface area contributed by atoms with E-state index in [0.717, 1.165) is 25.7 Å². The summed E-state index contributed by atoms with van der Waals surface area (Å²) < 4.78 is 26.4. The van der Waals surface area contributed by atoms with Gasteiger partial charge in [0, 0.05) is 12.8 Å². The van der Waals surface area contributed by atoms with Crippen molar-refractivity contribution >= 4 is 25.7 Å². The van der Waals surface area contributed by atoms with Gasteiger partial charge in [-0.15, -0.1) is 0 Å². The summed E-state index contributed by atoms with van der Waals surface area (Å²) in [5.74, 6) is -2.42. The van der Waals surface area contributed by atoms with Gasteiger partial charge in [-0.2, -0.15) is 0 Å². The fourth-order valence-corrected chi connectivity index (χ4v) is 5.65. The van der Waals surface area contributed by atoms with Crippen LogP contribution in [-0.2, 0) is 32.7 Å². The molecule has 1 amide bonds. The minimum absolute atomic E-state index is 0.122. The van der Waals surface area contributed by atoms with Crippen molar-refractivity contribution in [1.29, 1.82) is 0 Å². The van der Waals surface area contributed by atoms with Crippen molar-refractivity contribution in [2.45, 2.75) is 174 Å².